The van der Waals surface area contributed by atoms with Crippen LogP contribution in [0.5, 0.6) is 0 Å². The Hall–Kier alpha value is -3.83. The maximum atomic E-state index is 13.1. The van der Waals surface area contributed by atoms with Crippen LogP contribution in [0, 0.1) is 5.41 Å². The highest BCUT2D eigenvalue weighted by molar-refractivity contribution is 6.03. The maximum absolute atomic E-state index is 13.1. The fourth-order valence-corrected chi connectivity index (χ4v) is 5.77. The average Bonchev–Trinajstić information content (AvgIpc) is 3.16. The Balaban J connectivity index is 1.11. The van der Waals surface area contributed by atoms with E-state index in [-0.39, 0.29) is 54.4 Å². The van der Waals surface area contributed by atoms with Gasteiger partial charge in [0.25, 0.3) is 5.91 Å². The zero-order valence-corrected chi connectivity index (χ0v) is 20.0. The number of benzene rings is 1. The van der Waals surface area contributed by atoms with Crippen LogP contribution in [0.25, 0.3) is 11.3 Å². The van der Waals surface area contributed by atoms with Crippen LogP contribution < -0.4 is 16.8 Å². The first-order chi connectivity index (χ1) is 17.3. The monoisotopic (exact) mass is 514 g/mol. The van der Waals surface area contributed by atoms with Crippen LogP contribution >= 0.6 is 0 Å². The van der Waals surface area contributed by atoms with E-state index in [0.29, 0.717) is 22.5 Å². The van der Waals surface area contributed by atoms with Crippen molar-refractivity contribution in [3.63, 3.8) is 0 Å². The van der Waals surface area contributed by atoms with Crippen molar-refractivity contribution < 1.29 is 27.3 Å². The molecule has 9 nitrogen and oxygen atoms in total. The van der Waals surface area contributed by atoms with Gasteiger partial charge in [-0.25, -0.2) is 4.68 Å². The minimum atomic E-state index is -4.20. The Morgan fingerprint density at radius 3 is 2.38 bits per heavy atom. The highest BCUT2D eigenvalue weighted by atomic mass is 19.4. The van der Waals surface area contributed by atoms with Crippen LogP contribution in [0.3, 0.4) is 0 Å². The van der Waals surface area contributed by atoms with Crippen molar-refractivity contribution in [2.75, 3.05) is 11.1 Å². The molecule has 0 atom stereocenters. The minimum absolute atomic E-state index is 0.0103. The molecule has 2 amide bonds. The van der Waals surface area contributed by atoms with Gasteiger partial charge in [0.1, 0.15) is 17.1 Å². The first-order valence-corrected chi connectivity index (χ1v) is 12.0. The Morgan fingerprint density at radius 2 is 1.81 bits per heavy atom. The molecule has 7 rings (SSSR count). The Bertz CT molecular complexity index is 1410. The van der Waals surface area contributed by atoms with Crippen LogP contribution in [-0.2, 0) is 22.2 Å². The van der Waals surface area contributed by atoms with Crippen molar-refractivity contribution >= 4 is 23.5 Å². The van der Waals surface area contributed by atoms with Crippen molar-refractivity contribution in [2.45, 2.75) is 62.6 Å². The van der Waals surface area contributed by atoms with Gasteiger partial charge >= 0.3 is 6.18 Å². The standard InChI is InChI=1S/C25H25F3N6O3/c1-22(6-7-22)34-20(29)18(21(30)36)19(32-34)14-4-2-13(3-5-14)8-16(35)31-17-9-15(33-37-17)23-10-24(11-23,12-23)25(26,27)28/h2-5,9H,6-8,10-12,29H2,1H3,(H2,30,36)(H,31,35). The summed E-state index contributed by atoms with van der Waals surface area (Å²) in [4.78, 5) is 24.6. The van der Waals surface area contributed by atoms with E-state index >= 15 is 0 Å². The number of primary amides is 1. The van der Waals surface area contributed by atoms with Gasteiger partial charge < -0.3 is 16.0 Å². The predicted molar refractivity (Wildman–Crippen MR) is 126 cm³/mol. The molecule has 4 aliphatic rings. The Kier molecular flexibility index (Phi) is 4.69. The first-order valence-electron chi connectivity index (χ1n) is 12.0. The summed E-state index contributed by atoms with van der Waals surface area (Å²) >= 11 is 0. The normalized spacial score (nSPS) is 25.2. The molecule has 4 aliphatic carbocycles. The van der Waals surface area contributed by atoms with E-state index < -0.39 is 22.9 Å². The predicted octanol–water partition coefficient (Wildman–Crippen LogP) is 3.89. The molecule has 0 unspecified atom stereocenters. The second-order valence-electron chi connectivity index (χ2n) is 11.0. The third-order valence-corrected chi connectivity index (χ3v) is 8.19. The zero-order valence-electron chi connectivity index (χ0n) is 20.0. The van der Waals surface area contributed by atoms with E-state index in [0.717, 1.165) is 12.8 Å². The average molecular weight is 515 g/mol. The Labute approximate surface area is 209 Å². The summed E-state index contributed by atoms with van der Waals surface area (Å²) in [5.74, 6) is -0.689. The molecule has 37 heavy (non-hydrogen) atoms. The number of nitrogens with one attached hydrogen (secondary N) is 1. The lowest BCUT2D eigenvalue weighted by Crippen LogP contribution is -2.70. The van der Waals surface area contributed by atoms with Gasteiger partial charge in [0.15, 0.2) is 0 Å². The van der Waals surface area contributed by atoms with Gasteiger partial charge in [-0.2, -0.15) is 18.3 Å². The van der Waals surface area contributed by atoms with Crippen molar-refractivity contribution in [3.8, 4) is 11.3 Å². The number of hydrogen-bond acceptors (Lipinski definition) is 6. The molecule has 194 valence electrons. The smallest absolute Gasteiger partial charge is 0.383 e. The second-order valence-corrected chi connectivity index (χ2v) is 11.0. The molecule has 2 heterocycles. The number of amides is 2. The number of halogens is 3. The lowest BCUT2D eigenvalue weighted by molar-refractivity contribution is -0.338. The number of rotatable bonds is 7. The minimum Gasteiger partial charge on any atom is -0.383 e. The molecule has 0 spiro atoms. The summed E-state index contributed by atoms with van der Waals surface area (Å²) in [5.41, 5.74) is 11.7. The Morgan fingerprint density at radius 1 is 1.16 bits per heavy atom. The van der Waals surface area contributed by atoms with Gasteiger partial charge in [0.05, 0.1) is 23.1 Å². The largest absolute Gasteiger partial charge is 0.394 e. The first kappa shape index (κ1) is 23.6. The van der Waals surface area contributed by atoms with E-state index in [1.165, 1.54) is 6.07 Å². The molecule has 2 bridgehead atoms. The van der Waals surface area contributed by atoms with E-state index in [1.807, 2.05) is 6.92 Å². The summed E-state index contributed by atoms with van der Waals surface area (Å²) in [6.07, 6.45) is -2.33. The third kappa shape index (κ3) is 3.52. The van der Waals surface area contributed by atoms with Gasteiger partial charge in [-0.05, 0) is 44.6 Å². The van der Waals surface area contributed by atoms with Gasteiger partial charge in [-0.15, -0.1) is 0 Å². The van der Waals surface area contributed by atoms with Crippen LogP contribution in [-0.4, -0.2) is 32.9 Å². The number of nitrogens with zero attached hydrogens (tertiary/aromatic N) is 3. The fourth-order valence-electron chi connectivity index (χ4n) is 5.77. The SMILES string of the molecule is CC1(n2nc(-c3ccc(CC(=O)Nc4cc(C56CC(C(F)(F)F)(C5)C6)no4)cc3)c(C(N)=O)c2N)CC1. The number of alkyl halides is 3. The molecule has 5 N–H and O–H groups in total. The number of hydrogen-bond donors (Lipinski definition) is 3. The van der Waals surface area contributed by atoms with Gasteiger partial charge in [-0.1, -0.05) is 29.4 Å². The van der Waals surface area contributed by atoms with E-state index in [4.69, 9.17) is 16.0 Å². The number of carbonyl (C=O) groups is 2. The molecular weight excluding hydrogens is 489 g/mol. The van der Waals surface area contributed by atoms with Gasteiger partial charge in [0.2, 0.25) is 11.8 Å². The summed E-state index contributed by atoms with van der Waals surface area (Å²) in [7, 11) is 0. The molecule has 4 fully saturated rings. The van der Waals surface area contributed by atoms with Crippen molar-refractivity contribution in [1.82, 2.24) is 14.9 Å². The third-order valence-electron chi connectivity index (χ3n) is 8.19. The molecule has 0 saturated heterocycles. The quantitative estimate of drug-likeness (QED) is 0.437. The summed E-state index contributed by atoms with van der Waals surface area (Å²) in [6.45, 7) is 2.01. The molecule has 12 heteroatoms. The highest BCUT2D eigenvalue weighted by Crippen LogP contribution is 2.78. The molecule has 1 aromatic carbocycles. The number of aromatic nitrogens is 3. The fraction of sp³-hybridized carbons (Fsp3) is 0.440. The number of nitrogens with two attached hydrogens (primary N) is 2. The van der Waals surface area contributed by atoms with Crippen molar-refractivity contribution in [3.05, 3.63) is 47.2 Å². The van der Waals surface area contributed by atoms with Crippen LogP contribution in [0.15, 0.2) is 34.9 Å². The highest BCUT2D eigenvalue weighted by Gasteiger charge is 2.79. The van der Waals surface area contributed by atoms with Gasteiger partial charge in [-0.3, -0.25) is 14.9 Å². The summed E-state index contributed by atoms with van der Waals surface area (Å²) in [5, 5.41) is 11.1. The molecule has 2 aromatic heterocycles. The number of nitrogen functional groups attached to an aromatic ring is 1. The molecule has 0 aliphatic heterocycles. The van der Waals surface area contributed by atoms with Crippen molar-refractivity contribution in [2.24, 2.45) is 11.1 Å². The maximum Gasteiger partial charge on any atom is 0.394 e. The van der Waals surface area contributed by atoms with Crippen molar-refractivity contribution in [1.29, 1.82) is 0 Å². The molecular formula is C25H25F3N6O3. The van der Waals surface area contributed by atoms with E-state index in [1.54, 1.807) is 28.9 Å². The lowest BCUT2D eigenvalue weighted by Gasteiger charge is -2.69. The summed E-state index contributed by atoms with van der Waals surface area (Å²) < 4.78 is 46.1. The van der Waals surface area contributed by atoms with E-state index in [9.17, 15) is 22.8 Å². The molecule has 4 saturated carbocycles. The van der Waals surface area contributed by atoms with Gasteiger partial charge in [0, 0.05) is 17.0 Å². The van der Waals surface area contributed by atoms with Crippen LogP contribution in [0.1, 0.15) is 60.6 Å². The van der Waals surface area contributed by atoms with Crippen LogP contribution in [0.2, 0.25) is 0 Å². The van der Waals surface area contributed by atoms with Crippen LogP contribution in [0.4, 0.5) is 24.9 Å². The second kappa shape index (κ2) is 7.36. The summed E-state index contributed by atoms with van der Waals surface area (Å²) in [6, 6.07) is 8.45. The van der Waals surface area contributed by atoms with E-state index in [2.05, 4.69) is 15.6 Å². The zero-order chi connectivity index (χ0) is 26.4. The molecule has 0 radical (unpaired) electrons. The lowest BCUT2D eigenvalue weighted by atomic mass is 9.34. The number of carbonyl (C=O) groups excluding carboxylic acids is 2. The topological polar surface area (TPSA) is 142 Å². The number of anilines is 2. The molecule has 3 aromatic rings.